The fourth-order valence-electron chi connectivity index (χ4n) is 3.94. The van der Waals surface area contributed by atoms with Gasteiger partial charge in [-0.1, -0.05) is 33.6 Å². The molecule has 2 aromatic rings. The standard InChI is InChI=1S/C22H32N2O/c1-14(2)6-5-7-16(4)23-22(25)17-9-11-21-19(13-17)18-12-15(3)8-10-20(18)24-21/h9,11,13-16,24H,5-8,10,12H2,1-4H3,(H,23,25). The summed E-state index contributed by atoms with van der Waals surface area (Å²) in [4.78, 5) is 16.2. The van der Waals surface area contributed by atoms with E-state index in [0.717, 1.165) is 36.7 Å². The summed E-state index contributed by atoms with van der Waals surface area (Å²) in [7, 11) is 0. The van der Waals surface area contributed by atoms with Gasteiger partial charge in [0.05, 0.1) is 0 Å². The molecule has 0 saturated heterocycles. The second kappa shape index (κ2) is 7.63. The molecule has 0 bridgehead atoms. The lowest BCUT2D eigenvalue weighted by Gasteiger charge is -2.18. The van der Waals surface area contributed by atoms with Crippen molar-refractivity contribution in [3.8, 4) is 0 Å². The Morgan fingerprint density at radius 3 is 2.84 bits per heavy atom. The molecule has 2 unspecified atom stereocenters. The van der Waals surface area contributed by atoms with Gasteiger partial charge in [-0.25, -0.2) is 0 Å². The van der Waals surface area contributed by atoms with Gasteiger partial charge in [0.25, 0.3) is 5.91 Å². The average molecular weight is 341 g/mol. The zero-order valence-electron chi connectivity index (χ0n) is 16.1. The predicted octanol–water partition coefficient (Wildman–Crippen LogP) is 5.24. The van der Waals surface area contributed by atoms with Crippen LogP contribution in [0.5, 0.6) is 0 Å². The van der Waals surface area contributed by atoms with E-state index < -0.39 is 0 Å². The van der Waals surface area contributed by atoms with Crippen LogP contribution in [0.3, 0.4) is 0 Å². The SMILES string of the molecule is CC(C)CCCC(C)NC(=O)c1ccc2[nH]c3c(c2c1)CC(C)CC3. The maximum Gasteiger partial charge on any atom is 0.251 e. The minimum Gasteiger partial charge on any atom is -0.358 e. The number of carbonyl (C=O) groups excluding carboxylic acids is 1. The van der Waals surface area contributed by atoms with E-state index >= 15 is 0 Å². The zero-order valence-corrected chi connectivity index (χ0v) is 16.1. The van der Waals surface area contributed by atoms with E-state index in [1.54, 1.807) is 0 Å². The molecule has 0 saturated carbocycles. The smallest absolute Gasteiger partial charge is 0.251 e. The molecule has 3 heteroatoms. The molecule has 136 valence electrons. The fraction of sp³-hybridized carbons (Fsp3) is 0.591. The van der Waals surface area contributed by atoms with E-state index in [1.165, 1.54) is 41.4 Å². The molecule has 25 heavy (non-hydrogen) atoms. The van der Waals surface area contributed by atoms with Gasteiger partial charge in [0, 0.05) is 28.2 Å². The molecule has 1 aromatic carbocycles. The van der Waals surface area contributed by atoms with Crippen molar-refractivity contribution in [3.63, 3.8) is 0 Å². The van der Waals surface area contributed by atoms with E-state index in [9.17, 15) is 4.79 Å². The van der Waals surface area contributed by atoms with Gasteiger partial charge < -0.3 is 10.3 Å². The van der Waals surface area contributed by atoms with Gasteiger partial charge in [0.1, 0.15) is 0 Å². The Kier molecular flexibility index (Phi) is 5.51. The number of hydrogen-bond acceptors (Lipinski definition) is 1. The molecule has 1 aliphatic carbocycles. The van der Waals surface area contributed by atoms with Crippen molar-refractivity contribution in [2.24, 2.45) is 11.8 Å². The van der Waals surface area contributed by atoms with Crippen LogP contribution in [-0.4, -0.2) is 16.9 Å². The first-order valence-electron chi connectivity index (χ1n) is 9.88. The number of amides is 1. The van der Waals surface area contributed by atoms with E-state index in [0.29, 0.717) is 0 Å². The molecule has 1 aromatic heterocycles. The third kappa shape index (κ3) is 4.26. The molecule has 1 aliphatic rings. The molecule has 1 amide bonds. The molecule has 0 aliphatic heterocycles. The molecule has 0 radical (unpaired) electrons. The van der Waals surface area contributed by atoms with Gasteiger partial charge in [-0.2, -0.15) is 0 Å². The number of aromatic nitrogens is 1. The van der Waals surface area contributed by atoms with Crippen LogP contribution in [0, 0.1) is 11.8 Å². The molecule has 3 nitrogen and oxygen atoms in total. The van der Waals surface area contributed by atoms with Crippen molar-refractivity contribution in [2.75, 3.05) is 0 Å². The molecule has 0 fully saturated rings. The number of benzene rings is 1. The maximum atomic E-state index is 12.6. The van der Waals surface area contributed by atoms with Crippen LogP contribution in [0.4, 0.5) is 0 Å². The monoisotopic (exact) mass is 340 g/mol. The van der Waals surface area contributed by atoms with Crippen molar-refractivity contribution < 1.29 is 4.79 Å². The number of H-pyrrole nitrogens is 1. The predicted molar refractivity (Wildman–Crippen MR) is 105 cm³/mol. The topological polar surface area (TPSA) is 44.9 Å². The van der Waals surface area contributed by atoms with Crippen molar-refractivity contribution in [1.82, 2.24) is 10.3 Å². The highest BCUT2D eigenvalue weighted by atomic mass is 16.1. The third-order valence-electron chi connectivity index (χ3n) is 5.49. The van der Waals surface area contributed by atoms with Gasteiger partial charge in [-0.3, -0.25) is 4.79 Å². The Morgan fingerprint density at radius 2 is 2.08 bits per heavy atom. The molecule has 3 rings (SSSR count). The second-order valence-corrected chi connectivity index (χ2v) is 8.39. The first kappa shape index (κ1) is 18.0. The van der Waals surface area contributed by atoms with E-state index in [1.807, 2.05) is 6.07 Å². The Hall–Kier alpha value is -1.77. The van der Waals surface area contributed by atoms with Gasteiger partial charge >= 0.3 is 0 Å². The highest BCUT2D eigenvalue weighted by molar-refractivity contribution is 5.99. The minimum atomic E-state index is 0.0535. The molecule has 1 heterocycles. The lowest BCUT2D eigenvalue weighted by Crippen LogP contribution is -2.32. The highest BCUT2D eigenvalue weighted by Gasteiger charge is 2.20. The molecule has 0 spiro atoms. The molecule has 2 atom stereocenters. The maximum absolute atomic E-state index is 12.6. The quantitative estimate of drug-likeness (QED) is 0.742. The number of nitrogens with one attached hydrogen (secondary N) is 2. The van der Waals surface area contributed by atoms with E-state index in [-0.39, 0.29) is 11.9 Å². The summed E-state index contributed by atoms with van der Waals surface area (Å²) in [5.74, 6) is 1.51. The molecular formula is C22H32N2O. The minimum absolute atomic E-state index is 0.0535. The van der Waals surface area contributed by atoms with Gasteiger partial charge in [0.2, 0.25) is 0 Å². The van der Waals surface area contributed by atoms with Crippen LogP contribution < -0.4 is 5.32 Å². The lowest BCUT2D eigenvalue weighted by atomic mass is 9.87. The van der Waals surface area contributed by atoms with Crippen molar-refractivity contribution >= 4 is 16.8 Å². The van der Waals surface area contributed by atoms with Gasteiger partial charge in [-0.05, 0) is 68.2 Å². The van der Waals surface area contributed by atoms with Gasteiger partial charge in [-0.15, -0.1) is 0 Å². The summed E-state index contributed by atoms with van der Waals surface area (Å²) < 4.78 is 0. The van der Waals surface area contributed by atoms with E-state index in [2.05, 4.69) is 50.1 Å². The summed E-state index contributed by atoms with van der Waals surface area (Å²) in [6.07, 6.45) is 6.93. The lowest BCUT2D eigenvalue weighted by molar-refractivity contribution is 0.0938. The number of carbonyl (C=O) groups is 1. The van der Waals surface area contributed by atoms with Crippen LogP contribution in [-0.2, 0) is 12.8 Å². The molecule has 2 N–H and O–H groups in total. The van der Waals surface area contributed by atoms with Crippen LogP contribution in [0.15, 0.2) is 18.2 Å². The van der Waals surface area contributed by atoms with Crippen molar-refractivity contribution in [3.05, 3.63) is 35.0 Å². The zero-order chi connectivity index (χ0) is 18.0. The fourth-order valence-corrected chi connectivity index (χ4v) is 3.94. The third-order valence-corrected chi connectivity index (χ3v) is 5.49. The number of fused-ring (bicyclic) bond motifs is 3. The summed E-state index contributed by atoms with van der Waals surface area (Å²) >= 11 is 0. The van der Waals surface area contributed by atoms with Crippen LogP contribution >= 0.6 is 0 Å². The van der Waals surface area contributed by atoms with Crippen molar-refractivity contribution in [1.29, 1.82) is 0 Å². The normalized spacial score (nSPS) is 18.4. The molecular weight excluding hydrogens is 308 g/mol. The summed E-state index contributed by atoms with van der Waals surface area (Å²) in [5, 5.41) is 4.40. The Bertz CT molecular complexity index is 744. The Morgan fingerprint density at radius 1 is 1.28 bits per heavy atom. The summed E-state index contributed by atoms with van der Waals surface area (Å²) in [5.41, 5.74) is 4.74. The number of hydrogen-bond donors (Lipinski definition) is 2. The van der Waals surface area contributed by atoms with Crippen LogP contribution in [0.1, 0.15) is 75.0 Å². The largest absolute Gasteiger partial charge is 0.358 e. The Labute approximate surface area is 151 Å². The number of aromatic amines is 1. The first-order valence-corrected chi connectivity index (χ1v) is 9.88. The van der Waals surface area contributed by atoms with Crippen LogP contribution in [0.25, 0.3) is 10.9 Å². The summed E-state index contributed by atoms with van der Waals surface area (Å²) in [6, 6.07) is 6.32. The second-order valence-electron chi connectivity index (χ2n) is 8.39. The number of aryl methyl sites for hydroxylation is 1. The van der Waals surface area contributed by atoms with Crippen molar-refractivity contribution in [2.45, 2.75) is 72.3 Å². The van der Waals surface area contributed by atoms with Crippen LogP contribution in [0.2, 0.25) is 0 Å². The highest BCUT2D eigenvalue weighted by Crippen LogP contribution is 2.32. The number of rotatable bonds is 6. The summed E-state index contributed by atoms with van der Waals surface area (Å²) in [6.45, 7) is 8.92. The van der Waals surface area contributed by atoms with E-state index in [4.69, 9.17) is 0 Å². The average Bonchev–Trinajstić information content (AvgIpc) is 2.91. The Balaban J connectivity index is 1.70. The first-order chi connectivity index (χ1) is 11.9. The van der Waals surface area contributed by atoms with Gasteiger partial charge in [0.15, 0.2) is 0 Å².